The van der Waals surface area contributed by atoms with Crippen LogP contribution >= 0.6 is 0 Å². The molecule has 1 fully saturated rings. The summed E-state index contributed by atoms with van der Waals surface area (Å²) in [6, 6.07) is 0. The van der Waals surface area contributed by atoms with Crippen molar-refractivity contribution < 1.29 is 19.7 Å². The average molecular weight is 357 g/mol. The molecule has 1 heterocycles. The third-order valence-corrected chi connectivity index (χ3v) is 6.05. The van der Waals surface area contributed by atoms with Crippen LogP contribution in [-0.4, -0.2) is 22.8 Å². The van der Waals surface area contributed by atoms with Crippen molar-refractivity contribution in [3.63, 3.8) is 0 Å². The Morgan fingerprint density at radius 2 is 2.00 bits per heavy atom. The third-order valence-electron chi connectivity index (χ3n) is 6.05. The lowest BCUT2D eigenvalue weighted by atomic mass is 9.75. The lowest BCUT2D eigenvalue weighted by Gasteiger charge is -2.44. The van der Waals surface area contributed by atoms with Gasteiger partial charge >= 0.3 is 5.97 Å². The highest BCUT2D eigenvalue weighted by Crippen LogP contribution is 2.41. The zero-order valence-electron chi connectivity index (χ0n) is 17.1. The van der Waals surface area contributed by atoms with Gasteiger partial charge in [0, 0.05) is 0 Å². The number of rotatable bonds is 12. The summed E-state index contributed by atoms with van der Waals surface area (Å²) < 4.78 is 0. The molecule has 0 radical (unpaired) electrons. The van der Waals surface area contributed by atoms with E-state index < -0.39 is 5.97 Å². The van der Waals surface area contributed by atoms with Gasteiger partial charge < -0.3 is 5.11 Å². The van der Waals surface area contributed by atoms with Crippen molar-refractivity contribution in [1.82, 2.24) is 0 Å². The molecule has 0 spiro atoms. The number of carbonyl (C=O) groups is 1. The molecule has 1 aliphatic rings. The first kappa shape index (κ1) is 22.4. The molecular weight excluding hydrogens is 316 g/mol. The molecule has 0 bridgehead atoms. The second-order valence-electron chi connectivity index (χ2n) is 8.19. The first-order valence-corrected chi connectivity index (χ1v) is 10.5. The second kappa shape index (κ2) is 11.2. The van der Waals surface area contributed by atoms with Crippen molar-refractivity contribution in [2.75, 3.05) is 0 Å². The third kappa shape index (κ3) is 7.26. The Morgan fingerprint density at radius 3 is 2.52 bits per heavy atom. The molecular formula is C21H40O4. The molecule has 4 heteroatoms. The van der Waals surface area contributed by atoms with E-state index in [-0.39, 0.29) is 24.0 Å². The summed E-state index contributed by atoms with van der Waals surface area (Å²) in [6.45, 7) is 11.2. The molecule has 0 saturated carbocycles. The SMILES string of the molecule is CCCCC(CC)CC(C)C[C@]1(CC)C[C@H](CC)[C@H](CC(=O)O)OO1. The second-order valence-corrected chi connectivity index (χ2v) is 8.19. The molecule has 0 aromatic carbocycles. The molecule has 0 aliphatic carbocycles. The van der Waals surface area contributed by atoms with Crippen molar-refractivity contribution in [3.05, 3.63) is 0 Å². The maximum atomic E-state index is 11.0. The van der Waals surface area contributed by atoms with Crippen LogP contribution in [0.4, 0.5) is 0 Å². The van der Waals surface area contributed by atoms with E-state index >= 15 is 0 Å². The van der Waals surface area contributed by atoms with Crippen LogP contribution in [0.1, 0.15) is 98.8 Å². The van der Waals surface area contributed by atoms with Crippen LogP contribution in [0.3, 0.4) is 0 Å². The van der Waals surface area contributed by atoms with Gasteiger partial charge in [-0.2, -0.15) is 0 Å². The van der Waals surface area contributed by atoms with E-state index in [4.69, 9.17) is 14.9 Å². The first-order chi connectivity index (χ1) is 11.9. The predicted octanol–water partition coefficient (Wildman–Crippen LogP) is 5.99. The molecule has 25 heavy (non-hydrogen) atoms. The molecule has 2 unspecified atom stereocenters. The minimum atomic E-state index is -0.814. The van der Waals surface area contributed by atoms with Crippen molar-refractivity contribution in [2.24, 2.45) is 17.8 Å². The topological polar surface area (TPSA) is 55.8 Å². The Labute approximate surface area is 154 Å². The number of carboxylic acids is 1. The van der Waals surface area contributed by atoms with Gasteiger partial charge in [0.1, 0.15) is 11.7 Å². The van der Waals surface area contributed by atoms with E-state index in [2.05, 4.69) is 34.6 Å². The summed E-state index contributed by atoms with van der Waals surface area (Å²) in [4.78, 5) is 22.5. The monoisotopic (exact) mass is 356 g/mol. The Hall–Kier alpha value is -0.610. The average Bonchev–Trinajstić information content (AvgIpc) is 2.59. The fourth-order valence-electron chi connectivity index (χ4n) is 4.40. The number of hydrogen-bond acceptors (Lipinski definition) is 3. The maximum Gasteiger partial charge on any atom is 0.306 e. The molecule has 1 N–H and O–H groups in total. The summed E-state index contributed by atoms with van der Waals surface area (Å²) in [5.41, 5.74) is -0.252. The van der Waals surface area contributed by atoms with Gasteiger partial charge in [-0.15, -0.1) is 0 Å². The number of carboxylic acid groups (broad SMARTS) is 1. The van der Waals surface area contributed by atoms with Crippen LogP contribution in [0.2, 0.25) is 0 Å². The summed E-state index contributed by atoms with van der Waals surface area (Å²) >= 11 is 0. The molecule has 0 aromatic rings. The summed E-state index contributed by atoms with van der Waals surface area (Å²) in [5.74, 6) is 0.846. The molecule has 0 amide bonds. The van der Waals surface area contributed by atoms with Crippen molar-refractivity contribution in [2.45, 2.75) is 111 Å². The first-order valence-electron chi connectivity index (χ1n) is 10.5. The number of aliphatic carboxylic acids is 1. The van der Waals surface area contributed by atoms with Gasteiger partial charge in [0.25, 0.3) is 0 Å². The molecule has 1 aliphatic heterocycles. The van der Waals surface area contributed by atoms with Gasteiger partial charge in [-0.05, 0) is 43.4 Å². The standard InChI is InChI=1S/C21H40O4/c1-6-10-11-17(7-2)12-16(5)14-21(9-4)15-18(8-3)19(24-25-21)13-20(22)23/h16-19H,6-15H2,1-5H3,(H,22,23)/t16?,17?,18-,19-,21+/m0/s1. The summed E-state index contributed by atoms with van der Waals surface area (Å²) in [7, 11) is 0. The van der Waals surface area contributed by atoms with E-state index in [0.717, 1.165) is 31.6 Å². The Bertz CT molecular complexity index is 384. The van der Waals surface area contributed by atoms with Crippen LogP contribution in [0.5, 0.6) is 0 Å². The van der Waals surface area contributed by atoms with Crippen molar-refractivity contribution >= 4 is 5.97 Å². The van der Waals surface area contributed by atoms with E-state index in [0.29, 0.717) is 5.92 Å². The van der Waals surface area contributed by atoms with Crippen molar-refractivity contribution in [1.29, 1.82) is 0 Å². The van der Waals surface area contributed by atoms with Crippen LogP contribution < -0.4 is 0 Å². The fraction of sp³-hybridized carbons (Fsp3) is 0.952. The molecule has 148 valence electrons. The molecule has 1 rings (SSSR count). The van der Waals surface area contributed by atoms with Gasteiger partial charge in [-0.3, -0.25) is 4.79 Å². The van der Waals surface area contributed by atoms with Crippen LogP contribution in [-0.2, 0) is 14.6 Å². The van der Waals surface area contributed by atoms with Gasteiger partial charge in [-0.1, -0.05) is 66.7 Å². The summed E-state index contributed by atoms with van der Waals surface area (Å²) in [6.07, 6.45) is 9.89. The largest absolute Gasteiger partial charge is 0.481 e. The lowest BCUT2D eigenvalue weighted by molar-refractivity contribution is -0.424. The van der Waals surface area contributed by atoms with Gasteiger partial charge in [0.2, 0.25) is 0 Å². The zero-order chi connectivity index (χ0) is 18.9. The van der Waals surface area contributed by atoms with Crippen LogP contribution in [0.25, 0.3) is 0 Å². The molecule has 5 atom stereocenters. The quantitative estimate of drug-likeness (QED) is 0.436. The maximum absolute atomic E-state index is 11.0. The smallest absolute Gasteiger partial charge is 0.306 e. The highest BCUT2D eigenvalue weighted by atomic mass is 17.2. The van der Waals surface area contributed by atoms with Gasteiger partial charge in [0.05, 0.1) is 6.42 Å². The normalized spacial score (nSPS) is 29.3. The Morgan fingerprint density at radius 1 is 1.28 bits per heavy atom. The lowest BCUT2D eigenvalue weighted by Crippen LogP contribution is -2.46. The van der Waals surface area contributed by atoms with E-state index in [1.807, 2.05) is 0 Å². The predicted molar refractivity (Wildman–Crippen MR) is 101 cm³/mol. The van der Waals surface area contributed by atoms with Crippen LogP contribution in [0.15, 0.2) is 0 Å². The van der Waals surface area contributed by atoms with Crippen LogP contribution in [0, 0.1) is 17.8 Å². The molecule has 1 saturated heterocycles. The number of unbranched alkanes of at least 4 members (excludes halogenated alkanes) is 1. The van der Waals surface area contributed by atoms with E-state index in [1.165, 1.54) is 32.1 Å². The van der Waals surface area contributed by atoms with E-state index in [9.17, 15) is 4.79 Å². The van der Waals surface area contributed by atoms with Crippen molar-refractivity contribution in [3.8, 4) is 0 Å². The van der Waals surface area contributed by atoms with Gasteiger partial charge in [0.15, 0.2) is 0 Å². The highest BCUT2D eigenvalue weighted by Gasteiger charge is 2.43. The molecule has 0 aromatic heterocycles. The fourth-order valence-corrected chi connectivity index (χ4v) is 4.40. The minimum absolute atomic E-state index is 0.0305. The molecule has 4 nitrogen and oxygen atoms in total. The van der Waals surface area contributed by atoms with E-state index in [1.54, 1.807) is 0 Å². The van der Waals surface area contributed by atoms with Gasteiger partial charge in [-0.25, -0.2) is 9.78 Å². The number of hydrogen-bond donors (Lipinski definition) is 1. The Balaban J connectivity index is 2.65. The minimum Gasteiger partial charge on any atom is -0.481 e. The highest BCUT2D eigenvalue weighted by molar-refractivity contribution is 5.67. The zero-order valence-corrected chi connectivity index (χ0v) is 17.1. The summed E-state index contributed by atoms with van der Waals surface area (Å²) in [5, 5.41) is 9.07. The Kier molecular flexibility index (Phi) is 10.0.